The topological polar surface area (TPSA) is 58.6 Å². The van der Waals surface area contributed by atoms with E-state index >= 15 is 0 Å². The molecule has 1 fully saturated rings. The monoisotopic (exact) mass is 305 g/mol. The van der Waals surface area contributed by atoms with E-state index in [0.29, 0.717) is 6.04 Å². The van der Waals surface area contributed by atoms with Gasteiger partial charge in [0, 0.05) is 6.04 Å². The average molecular weight is 305 g/mol. The van der Waals surface area contributed by atoms with Crippen LogP contribution < -0.4 is 10.1 Å². The first-order valence-electron chi connectivity index (χ1n) is 6.39. The summed E-state index contributed by atoms with van der Waals surface area (Å²) >= 11 is 0. The first kappa shape index (κ1) is 17.3. The van der Waals surface area contributed by atoms with Gasteiger partial charge in [-0.05, 0) is 43.5 Å². The van der Waals surface area contributed by atoms with Crippen LogP contribution in [0.4, 0.5) is 13.2 Å². The molecule has 0 bridgehead atoms. The molecule has 2 rings (SSSR count). The first-order valence-corrected chi connectivity index (χ1v) is 6.39. The molecule has 7 heteroatoms. The van der Waals surface area contributed by atoms with E-state index in [9.17, 15) is 13.2 Å². The van der Waals surface area contributed by atoms with E-state index < -0.39 is 12.1 Å². The number of carboxylic acid groups (broad SMARTS) is 1. The smallest absolute Gasteiger partial charge is 0.490 e. The lowest BCUT2D eigenvalue weighted by Gasteiger charge is -2.35. The van der Waals surface area contributed by atoms with Crippen LogP contribution in [0.25, 0.3) is 0 Å². The molecule has 0 aliphatic heterocycles. The molecule has 0 aromatic heterocycles. The van der Waals surface area contributed by atoms with Crippen LogP contribution in [0.15, 0.2) is 24.3 Å². The second kappa shape index (κ2) is 7.31. The summed E-state index contributed by atoms with van der Waals surface area (Å²) in [6.45, 7) is 0. The summed E-state index contributed by atoms with van der Waals surface area (Å²) in [4.78, 5) is 8.90. The molecule has 1 aliphatic rings. The van der Waals surface area contributed by atoms with Crippen molar-refractivity contribution in [2.45, 2.75) is 31.0 Å². The molecule has 0 spiro atoms. The molecule has 0 heterocycles. The predicted octanol–water partition coefficient (Wildman–Crippen LogP) is 2.79. The van der Waals surface area contributed by atoms with Gasteiger partial charge in [0.15, 0.2) is 0 Å². The van der Waals surface area contributed by atoms with E-state index in [1.165, 1.54) is 18.4 Å². The Kier molecular flexibility index (Phi) is 6.02. The van der Waals surface area contributed by atoms with Gasteiger partial charge in [0.1, 0.15) is 5.75 Å². The fraction of sp³-hybridized carbons (Fsp3) is 0.500. The molecule has 1 aliphatic carbocycles. The second-order valence-corrected chi connectivity index (χ2v) is 4.73. The maximum Gasteiger partial charge on any atom is 0.490 e. The maximum atomic E-state index is 10.6. The summed E-state index contributed by atoms with van der Waals surface area (Å²) in [5.74, 6) is -1.06. The summed E-state index contributed by atoms with van der Waals surface area (Å²) in [7, 11) is 3.75. The van der Waals surface area contributed by atoms with E-state index in [4.69, 9.17) is 14.6 Å². The van der Waals surface area contributed by atoms with Crippen LogP contribution in [0.5, 0.6) is 5.75 Å². The zero-order chi connectivity index (χ0) is 16.0. The average Bonchev–Trinajstić information content (AvgIpc) is 2.37. The van der Waals surface area contributed by atoms with Crippen LogP contribution in [-0.4, -0.2) is 37.5 Å². The van der Waals surface area contributed by atoms with Crippen molar-refractivity contribution in [3.8, 4) is 5.75 Å². The summed E-state index contributed by atoms with van der Waals surface area (Å²) < 4.78 is 36.9. The number of methoxy groups -OCH3 is 1. The molecule has 1 aromatic carbocycles. The van der Waals surface area contributed by atoms with Gasteiger partial charge in [-0.1, -0.05) is 12.1 Å². The minimum Gasteiger partial charge on any atom is -0.497 e. The van der Waals surface area contributed by atoms with Crippen molar-refractivity contribution in [2.24, 2.45) is 0 Å². The Bertz CT molecular complexity index is 471. The number of hydrogen-bond donors (Lipinski definition) is 2. The zero-order valence-corrected chi connectivity index (χ0v) is 11.8. The molecule has 0 atom stereocenters. The Labute approximate surface area is 120 Å². The lowest BCUT2D eigenvalue weighted by molar-refractivity contribution is -0.192. The summed E-state index contributed by atoms with van der Waals surface area (Å²) in [6.07, 6.45) is -2.58. The van der Waals surface area contributed by atoms with Crippen LogP contribution in [0.2, 0.25) is 0 Å². The highest BCUT2D eigenvalue weighted by atomic mass is 19.4. The Morgan fingerprint density at radius 3 is 2.38 bits per heavy atom. The third-order valence-electron chi connectivity index (χ3n) is 3.35. The van der Waals surface area contributed by atoms with E-state index in [2.05, 4.69) is 23.5 Å². The highest BCUT2D eigenvalue weighted by Crippen LogP contribution is 2.37. The lowest BCUT2D eigenvalue weighted by atomic mass is 9.76. The molecule has 0 saturated heterocycles. The largest absolute Gasteiger partial charge is 0.497 e. The number of halogens is 3. The predicted molar refractivity (Wildman–Crippen MR) is 71.5 cm³/mol. The number of benzene rings is 1. The number of nitrogens with one attached hydrogen (secondary N) is 1. The molecule has 21 heavy (non-hydrogen) atoms. The molecule has 0 unspecified atom stereocenters. The molecule has 1 saturated carbocycles. The fourth-order valence-corrected chi connectivity index (χ4v) is 2.02. The number of alkyl halides is 3. The van der Waals surface area contributed by atoms with Crippen molar-refractivity contribution in [1.29, 1.82) is 0 Å². The number of aliphatic carboxylic acids is 1. The SMILES string of the molecule is CNC1CC(c2cccc(OC)c2)C1.O=C(O)C(F)(F)F. The molecular formula is C14H18F3NO3. The molecular weight excluding hydrogens is 287 g/mol. The first-order chi connectivity index (χ1) is 9.77. The Morgan fingerprint density at radius 2 is 1.95 bits per heavy atom. The van der Waals surface area contributed by atoms with Crippen LogP contribution in [-0.2, 0) is 4.79 Å². The second-order valence-electron chi connectivity index (χ2n) is 4.73. The van der Waals surface area contributed by atoms with Gasteiger partial charge < -0.3 is 15.2 Å². The van der Waals surface area contributed by atoms with Gasteiger partial charge in [0.05, 0.1) is 7.11 Å². The normalized spacial score (nSPS) is 20.8. The van der Waals surface area contributed by atoms with Gasteiger partial charge in [-0.2, -0.15) is 13.2 Å². The maximum absolute atomic E-state index is 10.6. The minimum atomic E-state index is -5.08. The van der Waals surface area contributed by atoms with Crippen LogP contribution in [0.1, 0.15) is 24.3 Å². The van der Waals surface area contributed by atoms with Gasteiger partial charge in [0.2, 0.25) is 0 Å². The molecule has 118 valence electrons. The number of ether oxygens (including phenoxy) is 1. The van der Waals surface area contributed by atoms with Gasteiger partial charge in [-0.25, -0.2) is 4.79 Å². The number of carboxylic acids is 1. The van der Waals surface area contributed by atoms with Gasteiger partial charge >= 0.3 is 12.1 Å². The summed E-state index contributed by atoms with van der Waals surface area (Å²) in [6, 6.07) is 9.12. The Hall–Kier alpha value is -1.76. The van der Waals surface area contributed by atoms with E-state index in [1.54, 1.807) is 7.11 Å². The van der Waals surface area contributed by atoms with Crippen LogP contribution in [0.3, 0.4) is 0 Å². The number of carbonyl (C=O) groups is 1. The third-order valence-corrected chi connectivity index (χ3v) is 3.35. The summed E-state index contributed by atoms with van der Waals surface area (Å²) in [5, 5.41) is 10.4. The Balaban J connectivity index is 0.000000270. The summed E-state index contributed by atoms with van der Waals surface area (Å²) in [5.41, 5.74) is 1.41. The van der Waals surface area contributed by atoms with Crippen LogP contribution in [0, 0.1) is 0 Å². The van der Waals surface area contributed by atoms with E-state index in [1.807, 2.05) is 13.1 Å². The third kappa shape index (κ3) is 5.26. The standard InChI is InChI=1S/C12H17NO.C2HF3O2/c1-13-11-6-10(7-11)9-4-3-5-12(8-9)14-2;3-2(4,5)1(6)7/h3-5,8,10-11,13H,6-7H2,1-2H3;(H,6,7). The molecule has 1 aromatic rings. The van der Waals surface area contributed by atoms with Crippen molar-refractivity contribution < 1.29 is 27.8 Å². The minimum absolute atomic E-state index is 0.714. The van der Waals surface area contributed by atoms with E-state index in [-0.39, 0.29) is 0 Å². The van der Waals surface area contributed by atoms with E-state index in [0.717, 1.165) is 11.7 Å². The van der Waals surface area contributed by atoms with Gasteiger partial charge in [-0.15, -0.1) is 0 Å². The molecule has 0 amide bonds. The number of hydrogen-bond acceptors (Lipinski definition) is 3. The highest BCUT2D eigenvalue weighted by Gasteiger charge is 2.38. The quantitative estimate of drug-likeness (QED) is 0.901. The van der Waals surface area contributed by atoms with Crippen molar-refractivity contribution in [2.75, 3.05) is 14.2 Å². The molecule has 4 nitrogen and oxygen atoms in total. The van der Waals surface area contributed by atoms with Gasteiger partial charge in [-0.3, -0.25) is 0 Å². The number of rotatable bonds is 3. The molecule has 2 N–H and O–H groups in total. The van der Waals surface area contributed by atoms with Crippen molar-refractivity contribution in [3.05, 3.63) is 29.8 Å². The van der Waals surface area contributed by atoms with Crippen LogP contribution >= 0.6 is 0 Å². The fourth-order valence-electron chi connectivity index (χ4n) is 2.02. The van der Waals surface area contributed by atoms with Crippen molar-refractivity contribution in [3.63, 3.8) is 0 Å². The Morgan fingerprint density at radius 1 is 1.38 bits per heavy atom. The zero-order valence-electron chi connectivity index (χ0n) is 11.8. The van der Waals surface area contributed by atoms with Crippen molar-refractivity contribution >= 4 is 5.97 Å². The van der Waals surface area contributed by atoms with Crippen molar-refractivity contribution in [1.82, 2.24) is 5.32 Å². The lowest BCUT2D eigenvalue weighted by Crippen LogP contribution is -2.37. The highest BCUT2D eigenvalue weighted by molar-refractivity contribution is 5.73. The van der Waals surface area contributed by atoms with Gasteiger partial charge in [0.25, 0.3) is 0 Å². The molecule has 0 radical (unpaired) electrons.